The molecule has 5 rings (SSSR count). The van der Waals surface area contributed by atoms with Crippen molar-refractivity contribution in [3.63, 3.8) is 0 Å². The van der Waals surface area contributed by atoms with Gasteiger partial charge in [-0.25, -0.2) is 15.0 Å². The molecule has 1 fully saturated rings. The lowest BCUT2D eigenvalue weighted by atomic mass is 10.1. The van der Waals surface area contributed by atoms with E-state index in [4.69, 9.17) is 10.7 Å². The summed E-state index contributed by atoms with van der Waals surface area (Å²) in [6, 6.07) is 4.22. The smallest absolute Gasteiger partial charge is 0.157 e. The maximum atomic E-state index is 6.19. The second kappa shape index (κ2) is 7.42. The Morgan fingerprint density at radius 1 is 1.14 bits per heavy atom. The molecule has 1 aliphatic heterocycles. The minimum absolute atomic E-state index is 0.204. The number of hydrogen-bond acceptors (Lipinski definition) is 9. The number of piperidine rings is 1. The number of thiazole rings is 2. The number of nitrogens with zero attached hydrogens (tertiary/aromatic N) is 5. The van der Waals surface area contributed by atoms with E-state index in [0.717, 1.165) is 63.4 Å². The van der Waals surface area contributed by atoms with Crippen molar-refractivity contribution in [1.82, 2.24) is 19.9 Å². The molecule has 0 aromatic carbocycles. The summed E-state index contributed by atoms with van der Waals surface area (Å²) < 4.78 is 1.08. The maximum Gasteiger partial charge on any atom is 0.157 e. The first kappa shape index (κ1) is 17.5. The molecule has 1 aliphatic rings. The Labute approximate surface area is 170 Å². The van der Waals surface area contributed by atoms with Crippen LogP contribution in [-0.4, -0.2) is 39.1 Å². The summed E-state index contributed by atoms with van der Waals surface area (Å²) in [5, 5.41) is 7.26. The molecule has 0 spiro atoms. The Morgan fingerprint density at radius 2 is 2.11 bits per heavy atom. The van der Waals surface area contributed by atoms with Crippen molar-refractivity contribution in [2.75, 3.05) is 23.3 Å². The molecular weight excluding hydrogens is 390 g/mol. The van der Waals surface area contributed by atoms with Gasteiger partial charge in [0.25, 0.3) is 0 Å². The van der Waals surface area contributed by atoms with Gasteiger partial charge in [-0.2, -0.15) is 0 Å². The molecule has 0 unspecified atom stereocenters. The number of fused-ring (bicyclic) bond motifs is 1. The third-order valence-corrected chi connectivity index (χ3v) is 6.71. The van der Waals surface area contributed by atoms with Crippen LogP contribution in [0, 0.1) is 0 Å². The molecular formula is C19H19N7S2. The maximum absolute atomic E-state index is 6.19. The van der Waals surface area contributed by atoms with Gasteiger partial charge >= 0.3 is 0 Å². The second-order valence-corrected chi connectivity index (χ2v) is 8.65. The Morgan fingerprint density at radius 3 is 2.96 bits per heavy atom. The molecule has 4 aromatic rings. The molecule has 0 bridgehead atoms. The molecule has 1 atom stereocenters. The van der Waals surface area contributed by atoms with Crippen LogP contribution in [0.25, 0.3) is 20.2 Å². The number of hydrogen-bond donors (Lipinski definition) is 2. The molecule has 28 heavy (non-hydrogen) atoms. The molecule has 142 valence electrons. The van der Waals surface area contributed by atoms with Crippen LogP contribution in [0.4, 0.5) is 17.2 Å². The largest absolute Gasteiger partial charge is 0.368 e. The molecule has 9 heteroatoms. The number of nitrogens with one attached hydrogen (secondary N) is 1. The zero-order valence-corrected chi connectivity index (χ0v) is 16.7. The summed E-state index contributed by atoms with van der Waals surface area (Å²) in [5.74, 6) is 0.729. The van der Waals surface area contributed by atoms with Crippen LogP contribution in [-0.2, 0) is 0 Å². The van der Waals surface area contributed by atoms with Gasteiger partial charge in [0.15, 0.2) is 15.8 Å². The first-order valence-corrected chi connectivity index (χ1v) is 10.8. The van der Waals surface area contributed by atoms with Crippen LogP contribution >= 0.6 is 22.7 Å². The SMILES string of the molecule is N[C@H]1CCCN(c2ccncc2Nc2nccc3sc(-c4nccs4)nc23)C1. The average Bonchev–Trinajstić information content (AvgIpc) is 3.38. The lowest BCUT2D eigenvalue weighted by Crippen LogP contribution is -2.43. The van der Waals surface area contributed by atoms with Gasteiger partial charge in [0.05, 0.1) is 22.3 Å². The molecule has 1 saturated heterocycles. The summed E-state index contributed by atoms with van der Waals surface area (Å²) in [4.78, 5) is 20.3. The van der Waals surface area contributed by atoms with Gasteiger partial charge < -0.3 is 16.0 Å². The van der Waals surface area contributed by atoms with Crippen molar-refractivity contribution in [2.24, 2.45) is 5.73 Å². The number of anilines is 3. The quantitative estimate of drug-likeness (QED) is 0.528. The van der Waals surface area contributed by atoms with Crippen molar-refractivity contribution in [2.45, 2.75) is 18.9 Å². The Bertz CT molecular complexity index is 1090. The highest BCUT2D eigenvalue weighted by molar-refractivity contribution is 7.25. The molecule has 4 aromatic heterocycles. The minimum atomic E-state index is 0.204. The zero-order chi connectivity index (χ0) is 18.9. The summed E-state index contributed by atoms with van der Waals surface area (Å²) in [6.07, 6.45) is 9.43. The molecule has 5 heterocycles. The summed E-state index contributed by atoms with van der Waals surface area (Å²) in [7, 11) is 0. The van der Waals surface area contributed by atoms with Gasteiger partial charge in [-0.3, -0.25) is 4.98 Å². The monoisotopic (exact) mass is 409 g/mol. The lowest BCUT2D eigenvalue weighted by molar-refractivity contribution is 0.506. The molecule has 7 nitrogen and oxygen atoms in total. The first-order valence-electron chi connectivity index (χ1n) is 9.15. The second-order valence-electron chi connectivity index (χ2n) is 6.73. The van der Waals surface area contributed by atoms with Crippen molar-refractivity contribution >= 4 is 50.1 Å². The van der Waals surface area contributed by atoms with Crippen molar-refractivity contribution in [3.05, 3.63) is 42.3 Å². The third kappa shape index (κ3) is 3.32. The van der Waals surface area contributed by atoms with Gasteiger partial charge in [0, 0.05) is 43.1 Å². The van der Waals surface area contributed by atoms with Gasteiger partial charge in [-0.1, -0.05) is 0 Å². The zero-order valence-electron chi connectivity index (χ0n) is 15.1. The Hall–Kier alpha value is -2.62. The highest BCUT2D eigenvalue weighted by Gasteiger charge is 2.20. The average molecular weight is 410 g/mol. The van der Waals surface area contributed by atoms with Gasteiger partial charge in [0.1, 0.15) is 5.52 Å². The number of rotatable bonds is 4. The topological polar surface area (TPSA) is 92.8 Å². The van der Waals surface area contributed by atoms with Crippen molar-refractivity contribution in [1.29, 1.82) is 0 Å². The number of pyridine rings is 2. The van der Waals surface area contributed by atoms with E-state index in [0.29, 0.717) is 0 Å². The van der Waals surface area contributed by atoms with E-state index in [-0.39, 0.29) is 6.04 Å². The van der Waals surface area contributed by atoms with Gasteiger partial charge in [-0.05, 0) is 25.0 Å². The fraction of sp³-hybridized carbons (Fsp3) is 0.263. The molecule has 3 N–H and O–H groups in total. The highest BCUT2D eigenvalue weighted by atomic mass is 32.1. The standard InChI is InChI=1S/C19H19N7S2/c20-12-2-1-8-26(11-12)14-3-5-21-10-13(14)24-17-16-15(4-6-22-17)28-19(25-16)18-23-7-9-27-18/h3-7,9-10,12H,1-2,8,11,20H2,(H,22,24)/t12-/m0/s1. The Balaban J connectivity index is 1.51. The number of nitrogens with two attached hydrogens (primary N) is 1. The first-order chi connectivity index (χ1) is 13.8. The van der Waals surface area contributed by atoms with Gasteiger partial charge in [0.2, 0.25) is 0 Å². The van der Waals surface area contributed by atoms with E-state index in [2.05, 4.69) is 25.2 Å². The fourth-order valence-electron chi connectivity index (χ4n) is 3.48. The van der Waals surface area contributed by atoms with E-state index in [9.17, 15) is 0 Å². The van der Waals surface area contributed by atoms with Crippen LogP contribution in [0.5, 0.6) is 0 Å². The van der Waals surface area contributed by atoms with Crippen LogP contribution in [0.1, 0.15) is 12.8 Å². The summed E-state index contributed by atoms with van der Waals surface area (Å²) in [6.45, 7) is 1.84. The predicted molar refractivity (Wildman–Crippen MR) is 115 cm³/mol. The number of aromatic nitrogens is 4. The van der Waals surface area contributed by atoms with Crippen molar-refractivity contribution < 1.29 is 0 Å². The van der Waals surface area contributed by atoms with Crippen LogP contribution in [0.15, 0.2) is 42.3 Å². The van der Waals surface area contributed by atoms with E-state index in [1.807, 2.05) is 29.9 Å². The normalized spacial score (nSPS) is 17.2. The molecule has 0 amide bonds. The van der Waals surface area contributed by atoms with E-state index in [1.54, 1.807) is 35.1 Å². The molecule has 0 saturated carbocycles. The highest BCUT2D eigenvalue weighted by Crippen LogP contribution is 2.36. The predicted octanol–water partition coefficient (Wildman–Crippen LogP) is 3.88. The Kier molecular flexibility index (Phi) is 4.63. The molecule has 0 radical (unpaired) electrons. The van der Waals surface area contributed by atoms with E-state index < -0.39 is 0 Å². The van der Waals surface area contributed by atoms with Crippen LogP contribution in [0.3, 0.4) is 0 Å². The summed E-state index contributed by atoms with van der Waals surface area (Å²) >= 11 is 3.22. The van der Waals surface area contributed by atoms with Crippen molar-refractivity contribution in [3.8, 4) is 10.0 Å². The van der Waals surface area contributed by atoms with Gasteiger partial charge in [-0.15, -0.1) is 22.7 Å². The molecule has 0 aliphatic carbocycles. The minimum Gasteiger partial charge on any atom is -0.368 e. The fourth-order valence-corrected chi connectivity index (χ4v) is 5.12. The van der Waals surface area contributed by atoms with Crippen LogP contribution < -0.4 is 16.0 Å². The third-order valence-electron chi connectivity index (χ3n) is 4.77. The van der Waals surface area contributed by atoms with E-state index >= 15 is 0 Å². The van der Waals surface area contributed by atoms with Crippen LogP contribution in [0.2, 0.25) is 0 Å². The lowest BCUT2D eigenvalue weighted by Gasteiger charge is -2.33. The summed E-state index contributed by atoms with van der Waals surface area (Å²) in [5.41, 5.74) is 9.05. The van der Waals surface area contributed by atoms with E-state index in [1.165, 1.54) is 0 Å².